The summed E-state index contributed by atoms with van der Waals surface area (Å²) in [5, 5.41) is 10.8. The van der Waals surface area contributed by atoms with E-state index in [0.717, 1.165) is 25.3 Å². The fourth-order valence-electron chi connectivity index (χ4n) is 2.03. The van der Waals surface area contributed by atoms with Gasteiger partial charge in [0.1, 0.15) is 10.8 Å². The Kier molecular flexibility index (Phi) is 5.68. The van der Waals surface area contributed by atoms with Crippen LogP contribution in [0.4, 0.5) is 11.4 Å². The van der Waals surface area contributed by atoms with Gasteiger partial charge in [-0.2, -0.15) is 0 Å². The molecule has 2 aromatic carbocycles. The molecule has 2 rings (SSSR count). The van der Waals surface area contributed by atoms with Crippen molar-refractivity contribution in [3.8, 4) is 5.75 Å². The largest absolute Gasteiger partial charge is 0.497 e. The van der Waals surface area contributed by atoms with E-state index in [2.05, 4.69) is 9.46 Å². The zero-order chi connectivity index (χ0) is 19.5. The van der Waals surface area contributed by atoms with Crippen LogP contribution >= 0.6 is 11.6 Å². The van der Waals surface area contributed by atoms with E-state index in [9.17, 15) is 23.3 Å². The second-order valence-electron chi connectivity index (χ2n) is 4.88. The Morgan fingerprint density at radius 1 is 1.19 bits per heavy atom. The third kappa shape index (κ3) is 4.03. The van der Waals surface area contributed by atoms with Gasteiger partial charge in [-0.25, -0.2) is 13.2 Å². The summed E-state index contributed by atoms with van der Waals surface area (Å²) in [6, 6.07) is 7.09. The van der Waals surface area contributed by atoms with Crippen LogP contribution in [0.5, 0.6) is 5.75 Å². The van der Waals surface area contributed by atoms with Gasteiger partial charge in [0.15, 0.2) is 0 Å². The molecule has 0 aliphatic rings. The van der Waals surface area contributed by atoms with Crippen LogP contribution in [0.25, 0.3) is 0 Å². The lowest BCUT2D eigenvalue weighted by Crippen LogP contribution is -2.16. The molecular weight excluding hydrogens is 388 g/mol. The van der Waals surface area contributed by atoms with Crippen molar-refractivity contribution in [3.63, 3.8) is 0 Å². The number of carbonyl (C=O) groups excluding carboxylic acids is 1. The lowest BCUT2D eigenvalue weighted by Gasteiger charge is -2.13. The summed E-state index contributed by atoms with van der Waals surface area (Å²) >= 11 is 5.69. The summed E-state index contributed by atoms with van der Waals surface area (Å²) in [6.07, 6.45) is 0. The summed E-state index contributed by atoms with van der Waals surface area (Å²) in [5.74, 6) is -0.482. The number of ether oxygens (including phenoxy) is 2. The summed E-state index contributed by atoms with van der Waals surface area (Å²) in [5.41, 5.74) is -0.720. The minimum atomic E-state index is -4.25. The number of anilines is 1. The molecule has 0 aromatic heterocycles. The minimum absolute atomic E-state index is 0.0552. The minimum Gasteiger partial charge on any atom is -0.497 e. The van der Waals surface area contributed by atoms with Gasteiger partial charge in [-0.05, 0) is 24.3 Å². The van der Waals surface area contributed by atoms with Gasteiger partial charge in [0.05, 0.1) is 35.3 Å². The Morgan fingerprint density at radius 3 is 2.46 bits per heavy atom. The molecular formula is C15H13ClN2O7S. The number of nitro groups is 1. The predicted molar refractivity (Wildman–Crippen MR) is 93.2 cm³/mol. The summed E-state index contributed by atoms with van der Waals surface area (Å²) in [4.78, 5) is 21.6. The molecule has 0 aliphatic heterocycles. The molecule has 0 saturated heterocycles. The summed E-state index contributed by atoms with van der Waals surface area (Å²) in [6.45, 7) is 0. The highest BCUT2D eigenvalue weighted by Gasteiger charge is 2.23. The van der Waals surface area contributed by atoms with Gasteiger partial charge in [0.25, 0.3) is 15.7 Å². The molecule has 138 valence electrons. The SMILES string of the molecule is COC(=O)c1ccc(OC)cc1NS(=O)(=O)c1ccc(Cl)c([N+](=O)[O-])c1. The van der Waals surface area contributed by atoms with E-state index in [1.807, 2.05) is 0 Å². The quantitative estimate of drug-likeness (QED) is 0.449. The molecule has 0 saturated carbocycles. The lowest BCUT2D eigenvalue weighted by atomic mass is 10.2. The zero-order valence-electron chi connectivity index (χ0n) is 13.6. The standard InChI is InChI=1S/C15H13ClN2O7S/c1-24-9-3-5-11(15(19)25-2)13(7-9)17-26(22,23)10-4-6-12(16)14(8-10)18(20)21/h3-8,17H,1-2H3. The first-order valence-electron chi connectivity index (χ1n) is 6.92. The molecule has 26 heavy (non-hydrogen) atoms. The number of esters is 1. The third-order valence-electron chi connectivity index (χ3n) is 3.30. The first-order chi connectivity index (χ1) is 12.2. The first kappa shape index (κ1) is 19.5. The Bertz CT molecular complexity index is 976. The molecule has 9 nitrogen and oxygen atoms in total. The fraction of sp³-hybridized carbons (Fsp3) is 0.133. The maximum Gasteiger partial charge on any atom is 0.339 e. The maximum absolute atomic E-state index is 12.6. The number of halogens is 1. The number of nitro benzene ring substituents is 1. The normalized spacial score (nSPS) is 10.9. The van der Waals surface area contributed by atoms with Crippen LogP contribution < -0.4 is 9.46 Å². The van der Waals surface area contributed by atoms with Crippen molar-refractivity contribution in [1.82, 2.24) is 0 Å². The monoisotopic (exact) mass is 400 g/mol. The van der Waals surface area contributed by atoms with E-state index in [-0.39, 0.29) is 22.0 Å². The Balaban J connectivity index is 2.51. The highest BCUT2D eigenvalue weighted by Crippen LogP contribution is 2.30. The molecule has 2 aromatic rings. The first-order valence-corrected chi connectivity index (χ1v) is 8.79. The third-order valence-corrected chi connectivity index (χ3v) is 4.98. The highest BCUT2D eigenvalue weighted by atomic mass is 35.5. The van der Waals surface area contributed by atoms with Crippen molar-refractivity contribution in [2.45, 2.75) is 4.90 Å². The van der Waals surface area contributed by atoms with Crippen molar-refractivity contribution in [2.75, 3.05) is 18.9 Å². The molecule has 0 atom stereocenters. The molecule has 1 N–H and O–H groups in total. The van der Waals surface area contributed by atoms with Crippen LogP contribution in [0.3, 0.4) is 0 Å². The molecule has 0 aliphatic carbocycles. The average molecular weight is 401 g/mol. The molecule has 11 heteroatoms. The van der Waals surface area contributed by atoms with Crippen LogP contribution in [-0.4, -0.2) is 33.5 Å². The molecule has 0 unspecified atom stereocenters. The zero-order valence-corrected chi connectivity index (χ0v) is 15.1. The van der Waals surface area contributed by atoms with Crippen LogP contribution in [0.1, 0.15) is 10.4 Å². The average Bonchev–Trinajstić information content (AvgIpc) is 2.60. The van der Waals surface area contributed by atoms with Gasteiger partial charge in [-0.15, -0.1) is 0 Å². The number of nitrogens with zero attached hydrogens (tertiary/aromatic N) is 1. The number of sulfonamides is 1. The van der Waals surface area contributed by atoms with Crippen molar-refractivity contribution in [1.29, 1.82) is 0 Å². The van der Waals surface area contributed by atoms with E-state index < -0.39 is 31.5 Å². The van der Waals surface area contributed by atoms with Crippen molar-refractivity contribution in [3.05, 3.63) is 57.1 Å². The van der Waals surface area contributed by atoms with Crippen LogP contribution in [0.15, 0.2) is 41.3 Å². The molecule has 0 amide bonds. The number of carbonyl (C=O) groups is 1. The van der Waals surface area contributed by atoms with Crippen LogP contribution in [0, 0.1) is 10.1 Å². The summed E-state index contributed by atoms with van der Waals surface area (Å²) < 4.78 is 37.0. The van der Waals surface area contributed by atoms with Crippen molar-refractivity contribution >= 4 is 39.0 Å². The van der Waals surface area contributed by atoms with Gasteiger partial charge < -0.3 is 9.47 Å². The Labute approximate surface area is 153 Å². The van der Waals surface area contributed by atoms with E-state index in [4.69, 9.17) is 16.3 Å². The fourth-order valence-corrected chi connectivity index (χ4v) is 3.30. The number of rotatable bonds is 6. The van der Waals surface area contributed by atoms with E-state index >= 15 is 0 Å². The molecule has 0 spiro atoms. The summed E-state index contributed by atoms with van der Waals surface area (Å²) in [7, 11) is -1.74. The smallest absolute Gasteiger partial charge is 0.339 e. The van der Waals surface area contributed by atoms with Gasteiger partial charge in [-0.3, -0.25) is 14.8 Å². The van der Waals surface area contributed by atoms with Gasteiger partial charge in [-0.1, -0.05) is 11.6 Å². The van der Waals surface area contributed by atoms with Crippen molar-refractivity contribution in [2.24, 2.45) is 0 Å². The van der Waals surface area contributed by atoms with E-state index in [1.54, 1.807) is 0 Å². The van der Waals surface area contributed by atoms with Crippen molar-refractivity contribution < 1.29 is 27.6 Å². The predicted octanol–water partition coefficient (Wildman–Crippen LogP) is 2.84. The van der Waals surface area contributed by atoms with Gasteiger partial charge in [0.2, 0.25) is 0 Å². The molecule has 0 fully saturated rings. The van der Waals surface area contributed by atoms with E-state index in [1.165, 1.54) is 25.3 Å². The maximum atomic E-state index is 12.6. The second kappa shape index (κ2) is 7.58. The van der Waals surface area contributed by atoms with Crippen LogP contribution in [0.2, 0.25) is 5.02 Å². The molecule has 0 heterocycles. The number of methoxy groups -OCH3 is 2. The number of hydrogen-bond acceptors (Lipinski definition) is 7. The second-order valence-corrected chi connectivity index (χ2v) is 6.97. The number of nitrogens with one attached hydrogen (secondary N) is 1. The number of benzene rings is 2. The molecule has 0 bridgehead atoms. The van der Waals surface area contributed by atoms with E-state index in [0.29, 0.717) is 0 Å². The number of hydrogen-bond donors (Lipinski definition) is 1. The van der Waals surface area contributed by atoms with Crippen LogP contribution in [-0.2, 0) is 14.8 Å². The Hall–Kier alpha value is -2.85. The highest BCUT2D eigenvalue weighted by molar-refractivity contribution is 7.92. The van der Waals surface area contributed by atoms with Gasteiger partial charge in [0, 0.05) is 12.1 Å². The Morgan fingerprint density at radius 2 is 1.88 bits per heavy atom. The topological polar surface area (TPSA) is 125 Å². The van der Waals surface area contributed by atoms with Gasteiger partial charge >= 0.3 is 5.97 Å². The molecule has 0 radical (unpaired) electrons. The lowest BCUT2D eigenvalue weighted by molar-refractivity contribution is -0.384.